The van der Waals surface area contributed by atoms with Gasteiger partial charge in [-0.2, -0.15) is 5.10 Å². The quantitative estimate of drug-likeness (QED) is 0.480. The first-order valence-electron chi connectivity index (χ1n) is 9.21. The van der Waals surface area contributed by atoms with E-state index in [1.54, 1.807) is 38.1 Å². The SMILES string of the molecule is CC(=O)Nc1ccc(C)cc1NC(=O)c1nn(-c2ccccc2[N+](=O)[O-])c(C)cc1=O. The third-order valence-electron chi connectivity index (χ3n) is 4.36. The Bertz CT molecular complexity index is 1270. The number of rotatable bonds is 5. The highest BCUT2D eigenvalue weighted by Gasteiger charge is 2.21. The number of amides is 2. The Labute approximate surface area is 176 Å². The molecule has 1 aromatic heterocycles. The number of benzene rings is 2. The molecule has 10 heteroatoms. The van der Waals surface area contributed by atoms with E-state index in [0.717, 1.165) is 5.56 Å². The van der Waals surface area contributed by atoms with Gasteiger partial charge in [-0.3, -0.25) is 24.5 Å². The highest BCUT2D eigenvalue weighted by molar-refractivity contribution is 6.06. The molecular formula is C21H19N5O5. The van der Waals surface area contributed by atoms with Crippen molar-refractivity contribution in [1.29, 1.82) is 0 Å². The van der Waals surface area contributed by atoms with Crippen LogP contribution in [0.2, 0.25) is 0 Å². The maximum Gasteiger partial charge on any atom is 0.294 e. The average molecular weight is 421 g/mol. The number of hydrogen-bond donors (Lipinski definition) is 2. The Balaban J connectivity index is 2.06. The lowest BCUT2D eigenvalue weighted by Gasteiger charge is -2.14. The topological polar surface area (TPSA) is 136 Å². The van der Waals surface area contributed by atoms with E-state index in [0.29, 0.717) is 17.1 Å². The van der Waals surface area contributed by atoms with Crippen molar-refractivity contribution in [2.45, 2.75) is 20.8 Å². The highest BCUT2D eigenvalue weighted by Crippen LogP contribution is 2.24. The van der Waals surface area contributed by atoms with Crippen LogP contribution in [0.15, 0.2) is 53.3 Å². The molecule has 10 nitrogen and oxygen atoms in total. The van der Waals surface area contributed by atoms with Crippen molar-refractivity contribution < 1.29 is 14.5 Å². The monoisotopic (exact) mass is 421 g/mol. The Kier molecular flexibility index (Phi) is 5.91. The maximum absolute atomic E-state index is 12.9. The molecule has 0 radical (unpaired) electrons. The fourth-order valence-electron chi connectivity index (χ4n) is 2.99. The number of anilines is 2. The van der Waals surface area contributed by atoms with Crippen molar-refractivity contribution in [1.82, 2.24) is 9.78 Å². The molecule has 0 aliphatic heterocycles. The van der Waals surface area contributed by atoms with Gasteiger partial charge in [-0.05, 0) is 37.6 Å². The summed E-state index contributed by atoms with van der Waals surface area (Å²) in [5, 5.41) is 20.7. The van der Waals surface area contributed by atoms with Crippen LogP contribution in [0.3, 0.4) is 0 Å². The standard InChI is InChI=1S/C21H19N5O5/c1-12-8-9-15(22-14(3)27)16(10-12)23-21(29)20-19(28)11-13(2)25(24-20)17-6-4-5-7-18(17)26(30)31/h4-11H,1-3H3,(H,22,27)(H,23,29). The molecule has 2 aromatic carbocycles. The second-order valence-corrected chi connectivity index (χ2v) is 6.84. The Morgan fingerprint density at radius 1 is 1.03 bits per heavy atom. The summed E-state index contributed by atoms with van der Waals surface area (Å²) in [6.07, 6.45) is 0. The van der Waals surface area contributed by atoms with Gasteiger partial charge in [0.05, 0.1) is 16.3 Å². The number of hydrogen-bond acceptors (Lipinski definition) is 6. The van der Waals surface area contributed by atoms with Gasteiger partial charge >= 0.3 is 0 Å². The predicted octanol–water partition coefficient (Wildman–Crippen LogP) is 2.97. The van der Waals surface area contributed by atoms with Crippen LogP contribution >= 0.6 is 0 Å². The second kappa shape index (κ2) is 8.57. The van der Waals surface area contributed by atoms with E-state index in [9.17, 15) is 24.5 Å². The Hall–Kier alpha value is -4.34. The molecule has 2 N–H and O–H groups in total. The normalized spacial score (nSPS) is 10.4. The van der Waals surface area contributed by atoms with E-state index in [2.05, 4.69) is 15.7 Å². The van der Waals surface area contributed by atoms with Gasteiger partial charge in [-0.15, -0.1) is 0 Å². The Morgan fingerprint density at radius 3 is 2.42 bits per heavy atom. The number of aromatic nitrogens is 2. The van der Waals surface area contributed by atoms with Crippen molar-refractivity contribution in [3.63, 3.8) is 0 Å². The highest BCUT2D eigenvalue weighted by atomic mass is 16.6. The molecule has 158 valence electrons. The number of nitro benzene ring substituents is 1. The van der Waals surface area contributed by atoms with Crippen LogP contribution in [-0.2, 0) is 4.79 Å². The molecule has 0 fully saturated rings. The Morgan fingerprint density at radius 2 is 1.74 bits per heavy atom. The van der Waals surface area contributed by atoms with Crippen molar-refractivity contribution in [2.75, 3.05) is 10.6 Å². The molecule has 0 bridgehead atoms. The summed E-state index contributed by atoms with van der Waals surface area (Å²) in [7, 11) is 0. The molecule has 31 heavy (non-hydrogen) atoms. The first kappa shape index (κ1) is 21.4. The molecule has 0 saturated carbocycles. The lowest BCUT2D eigenvalue weighted by molar-refractivity contribution is -0.384. The van der Waals surface area contributed by atoms with E-state index in [1.165, 1.54) is 35.9 Å². The minimum absolute atomic E-state index is 0.119. The van der Waals surface area contributed by atoms with Crippen LogP contribution < -0.4 is 16.1 Å². The zero-order valence-electron chi connectivity index (χ0n) is 17.0. The number of nitrogens with zero attached hydrogens (tertiary/aromatic N) is 3. The number of nitro groups is 1. The lowest BCUT2D eigenvalue weighted by Crippen LogP contribution is -2.27. The fourth-order valence-corrected chi connectivity index (χ4v) is 2.99. The van der Waals surface area contributed by atoms with E-state index in [-0.39, 0.29) is 17.3 Å². The van der Waals surface area contributed by atoms with E-state index < -0.39 is 22.0 Å². The summed E-state index contributed by atoms with van der Waals surface area (Å²) in [6.45, 7) is 4.69. The molecule has 0 aliphatic rings. The summed E-state index contributed by atoms with van der Waals surface area (Å²) in [5.41, 5.74) is 0.603. The average Bonchev–Trinajstić information content (AvgIpc) is 2.69. The third kappa shape index (κ3) is 4.64. The van der Waals surface area contributed by atoms with Gasteiger partial charge < -0.3 is 10.6 Å². The zero-order chi connectivity index (χ0) is 22.7. The van der Waals surface area contributed by atoms with Crippen LogP contribution in [0.1, 0.15) is 28.7 Å². The molecule has 2 amide bonds. The molecule has 0 atom stereocenters. The van der Waals surface area contributed by atoms with Crippen molar-refractivity contribution in [3.8, 4) is 5.69 Å². The van der Waals surface area contributed by atoms with Gasteiger partial charge in [0, 0.05) is 24.8 Å². The number of carbonyl (C=O) groups is 2. The van der Waals surface area contributed by atoms with Gasteiger partial charge in [0.25, 0.3) is 11.6 Å². The molecular weight excluding hydrogens is 402 g/mol. The summed E-state index contributed by atoms with van der Waals surface area (Å²) in [6, 6.07) is 12.1. The van der Waals surface area contributed by atoms with Crippen molar-refractivity contribution in [2.24, 2.45) is 0 Å². The van der Waals surface area contributed by atoms with E-state index in [4.69, 9.17) is 0 Å². The molecule has 1 heterocycles. The number of nitrogens with one attached hydrogen (secondary N) is 2. The minimum Gasteiger partial charge on any atom is -0.325 e. The number of para-hydroxylation sites is 2. The maximum atomic E-state index is 12.9. The van der Waals surface area contributed by atoms with E-state index in [1.807, 2.05) is 0 Å². The molecule has 0 unspecified atom stereocenters. The molecule has 3 rings (SSSR count). The molecule has 0 aliphatic carbocycles. The fraction of sp³-hybridized carbons (Fsp3) is 0.143. The van der Waals surface area contributed by atoms with Gasteiger partial charge in [-0.1, -0.05) is 18.2 Å². The summed E-state index contributed by atoms with van der Waals surface area (Å²) in [4.78, 5) is 47.6. The van der Waals surface area contributed by atoms with E-state index >= 15 is 0 Å². The second-order valence-electron chi connectivity index (χ2n) is 6.84. The van der Waals surface area contributed by atoms with Gasteiger partial charge in [0.1, 0.15) is 5.69 Å². The lowest BCUT2D eigenvalue weighted by atomic mass is 10.2. The third-order valence-corrected chi connectivity index (χ3v) is 4.36. The van der Waals surface area contributed by atoms with Gasteiger partial charge in [-0.25, -0.2) is 4.68 Å². The summed E-state index contributed by atoms with van der Waals surface area (Å²) >= 11 is 0. The van der Waals surface area contributed by atoms with Crippen LogP contribution in [0.4, 0.5) is 17.1 Å². The minimum atomic E-state index is -0.811. The molecule has 3 aromatic rings. The van der Waals surface area contributed by atoms with Crippen LogP contribution in [0.5, 0.6) is 0 Å². The van der Waals surface area contributed by atoms with Crippen molar-refractivity contribution in [3.05, 3.63) is 85.8 Å². The van der Waals surface area contributed by atoms with Crippen molar-refractivity contribution >= 4 is 28.9 Å². The molecule has 0 spiro atoms. The molecule has 0 saturated heterocycles. The van der Waals surface area contributed by atoms with Crippen LogP contribution in [0, 0.1) is 24.0 Å². The zero-order valence-corrected chi connectivity index (χ0v) is 17.0. The van der Waals surface area contributed by atoms with Crippen LogP contribution in [-0.4, -0.2) is 26.5 Å². The largest absolute Gasteiger partial charge is 0.325 e. The summed E-state index contributed by atoms with van der Waals surface area (Å²) in [5.74, 6) is -1.14. The number of aryl methyl sites for hydroxylation is 2. The number of carbonyl (C=O) groups excluding carboxylic acids is 2. The smallest absolute Gasteiger partial charge is 0.294 e. The predicted molar refractivity (Wildman–Crippen MR) is 115 cm³/mol. The van der Waals surface area contributed by atoms with Gasteiger partial charge in [0.15, 0.2) is 5.69 Å². The first-order chi connectivity index (χ1) is 14.7. The summed E-state index contributed by atoms with van der Waals surface area (Å²) < 4.78 is 1.18. The van der Waals surface area contributed by atoms with Gasteiger partial charge in [0.2, 0.25) is 11.3 Å². The van der Waals surface area contributed by atoms with Crippen LogP contribution in [0.25, 0.3) is 5.69 Å². The first-order valence-corrected chi connectivity index (χ1v) is 9.21.